The SMILES string of the molecule is CC1=NN(c2ccccc2)N2C[C@H]3C(=O)N(c4ccccc4)C(=O)[C@H]3[C@]12C. The average Bonchev–Trinajstić information content (AvgIpc) is 3.23. The van der Waals surface area contributed by atoms with Gasteiger partial charge < -0.3 is 0 Å². The van der Waals surface area contributed by atoms with Crippen LogP contribution in [-0.4, -0.2) is 34.6 Å². The van der Waals surface area contributed by atoms with Gasteiger partial charge in [-0.05, 0) is 38.1 Å². The maximum absolute atomic E-state index is 13.3. The van der Waals surface area contributed by atoms with Crippen molar-refractivity contribution in [3.05, 3.63) is 60.7 Å². The van der Waals surface area contributed by atoms with E-state index in [0.717, 1.165) is 11.4 Å². The predicted octanol–water partition coefficient (Wildman–Crippen LogP) is 2.68. The minimum Gasteiger partial charge on any atom is -0.274 e. The van der Waals surface area contributed by atoms with Gasteiger partial charge in [0, 0.05) is 6.54 Å². The number of fused-ring (bicyclic) bond motifs is 3. The first-order valence-electron chi connectivity index (χ1n) is 9.15. The number of anilines is 2. The standard InChI is InChI=1S/C21H20N4O2/c1-14-21(2)18-17(13-23(21)25(22-14)16-11-7-4-8-12-16)19(26)24(20(18)27)15-9-5-3-6-10-15/h3-12,17-18H,13H2,1-2H3/t17-,18+,21+/m1/s1. The van der Waals surface area contributed by atoms with Crippen LogP contribution in [0.25, 0.3) is 0 Å². The fourth-order valence-corrected chi connectivity index (χ4v) is 4.65. The van der Waals surface area contributed by atoms with E-state index in [9.17, 15) is 9.59 Å². The van der Waals surface area contributed by atoms with E-state index in [1.165, 1.54) is 4.90 Å². The molecule has 5 rings (SSSR count). The largest absolute Gasteiger partial charge is 0.274 e. The van der Waals surface area contributed by atoms with E-state index in [4.69, 9.17) is 5.10 Å². The molecule has 2 fully saturated rings. The molecule has 3 aliphatic rings. The number of rotatable bonds is 2. The summed E-state index contributed by atoms with van der Waals surface area (Å²) in [7, 11) is 0. The van der Waals surface area contributed by atoms with Crippen LogP contribution in [0.2, 0.25) is 0 Å². The van der Waals surface area contributed by atoms with Crippen molar-refractivity contribution in [3.63, 3.8) is 0 Å². The van der Waals surface area contributed by atoms with Gasteiger partial charge >= 0.3 is 0 Å². The number of benzene rings is 2. The number of nitrogens with zero attached hydrogens (tertiary/aromatic N) is 4. The van der Waals surface area contributed by atoms with E-state index in [2.05, 4.69) is 5.01 Å². The number of hydrogen-bond donors (Lipinski definition) is 0. The monoisotopic (exact) mass is 360 g/mol. The highest BCUT2D eigenvalue weighted by Gasteiger charge is 2.67. The van der Waals surface area contributed by atoms with Crippen molar-refractivity contribution in [3.8, 4) is 0 Å². The second kappa shape index (κ2) is 5.50. The number of hydrazone groups is 1. The van der Waals surface area contributed by atoms with Gasteiger partial charge in [-0.25, -0.2) is 4.90 Å². The lowest BCUT2D eigenvalue weighted by Crippen LogP contribution is -2.54. The lowest BCUT2D eigenvalue weighted by Gasteiger charge is -2.35. The average molecular weight is 360 g/mol. The van der Waals surface area contributed by atoms with Crippen LogP contribution in [0.3, 0.4) is 0 Å². The molecule has 0 spiro atoms. The third kappa shape index (κ3) is 2.01. The van der Waals surface area contributed by atoms with Crippen molar-refractivity contribution in [2.75, 3.05) is 16.6 Å². The summed E-state index contributed by atoms with van der Waals surface area (Å²) in [5, 5.41) is 8.65. The Labute approximate surface area is 157 Å². The van der Waals surface area contributed by atoms with E-state index in [-0.39, 0.29) is 17.7 Å². The van der Waals surface area contributed by atoms with Crippen LogP contribution in [0.15, 0.2) is 65.8 Å². The zero-order valence-electron chi connectivity index (χ0n) is 15.2. The Morgan fingerprint density at radius 3 is 2.15 bits per heavy atom. The van der Waals surface area contributed by atoms with Crippen molar-refractivity contribution in [1.82, 2.24) is 5.01 Å². The number of hydrogen-bond acceptors (Lipinski definition) is 5. The second-order valence-electron chi connectivity index (χ2n) is 7.47. The van der Waals surface area contributed by atoms with Gasteiger partial charge in [0.2, 0.25) is 11.8 Å². The van der Waals surface area contributed by atoms with Gasteiger partial charge in [0.05, 0.1) is 34.5 Å². The number of hydrazine groups is 1. The molecule has 136 valence electrons. The number of para-hydroxylation sites is 2. The van der Waals surface area contributed by atoms with Gasteiger partial charge in [0.25, 0.3) is 0 Å². The van der Waals surface area contributed by atoms with Crippen molar-refractivity contribution in [2.45, 2.75) is 19.4 Å². The highest BCUT2D eigenvalue weighted by Crippen LogP contribution is 2.50. The number of imide groups is 1. The van der Waals surface area contributed by atoms with Crippen molar-refractivity contribution < 1.29 is 9.59 Å². The van der Waals surface area contributed by atoms with Gasteiger partial charge in [-0.3, -0.25) is 9.59 Å². The fourth-order valence-electron chi connectivity index (χ4n) is 4.65. The van der Waals surface area contributed by atoms with Crippen molar-refractivity contribution in [1.29, 1.82) is 0 Å². The van der Waals surface area contributed by atoms with Crippen molar-refractivity contribution in [2.24, 2.45) is 16.9 Å². The van der Waals surface area contributed by atoms with E-state index < -0.39 is 11.5 Å². The van der Waals surface area contributed by atoms with Gasteiger partial charge in [-0.2, -0.15) is 15.2 Å². The van der Waals surface area contributed by atoms with Crippen LogP contribution in [0.1, 0.15) is 13.8 Å². The number of carbonyl (C=O) groups is 2. The molecule has 3 heterocycles. The summed E-state index contributed by atoms with van der Waals surface area (Å²) in [5.74, 6) is -1.04. The smallest absolute Gasteiger partial charge is 0.240 e. The summed E-state index contributed by atoms with van der Waals surface area (Å²) < 4.78 is 0. The normalized spacial score (nSPS) is 29.9. The molecule has 0 N–H and O–H groups in total. The third-order valence-corrected chi connectivity index (χ3v) is 6.15. The third-order valence-electron chi connectivity index (χ3n) is 6.15. The molecule has 6 nitrogen and oxygen atoms in total. The van der Waals surface area contributed by atoms with Crippen LogP contribution in [0.4, 0.5) is 11.4 Å². The maximum atomic E-state index is 13.3. The summed E-state index contributed by atoms with van der Waals surface area (Å²) in [6.45, 7) is 4.45. The molecule has 27 heavy (non-hydrogen) atoms. The molecular formula is C21H20N4O2. The first-order chi connectivity index (χ1) is 13.0. The Morgan fingerprint density at radius 1 is 0.926 bits per heavy atom. The highest BCUT2D eigenvalue weighted by atomic mass is 16.2. The fraction of sp³-hybridized carbons (Fsp3) is 0.286. The van der Waals surface area contributed by atoms with E-state index >= 15 is 0 Å². The minimum absolute atomic E-state index is 0.118. The summed E-state index contributed by atoms with van der Waals surface area (Å²) in [6.07, 6.45) is 0. The quantitative estimate of drug-likeness (QED) is 0.773. The molecule has 6 heteroatoms. The Kier molecular flexibility index (Phi) is 3.30. The predicted molar refractivity (Wildman–Crippen MR) is 103 cm³/mol. The van der Waals surface area contributed by atoms with Gasteiger partial charge in [-0.15, -0.1) is 0 Å². The van der Waals surface area contributed by atoms with Gasteiger partial charge in [0.1, 0.15) is 0 Å². The molecule has 0 bridgehead atoms. The molecule has 0 unspecified atom stereocenters. The van der Waals surface area contributed by atoms with Crippen molar-refractivity contribution >= 4 is 28.9 Å². The van der Waals surface area contributed by atoms with E-state index in [1.54, 1.807) is 0 Å². The molecule has 0 radical (unpaired) electrons. The van der Waals surface area contributed by atoms with Crippen LogP contribution >= 0.6 is 0 Å². The van der Waals surface area contributed by atoms with Crippen LogP contribution in [-0.2, 0) is 9.59 Å². The molecule has 0 saturated carbocycles. The lowest BCUT2D eigenvalue weighted by molar-refractivity contribution is -0.123. The van der Waals surface area contributed by atoms with Gasteiger partial charge in [-0.1, -0.05) is 36.4 Å². The molecule has 2 saturated heterocycles. The van der Waals surface area contributed by atoms with Crippen LogP contribution in [0, 0.1) is 11.8 Å². The number of carbonyl (C=O) groups excluding carboxylic acids is 2. The topological polar surface area (TPSA) is 56.2 Å². The molecule has 2 aromatic carbocycles. The molecule has 0 aliphatic carbocycles. The zero-order chi connectivity index (χ0) is 18.8. The first kappa shape index (κ1) is 16.2. The highest BCUT2D eigenvalue weighted by molar-refractivity contribution is 6.24. The second-order valence-corrected chi connectivity index (χ2v) is 7.47. The Hall–Kier alpha value is -2.99. The first-order valence-corrected chi connectivity index (χ1v) is 9.15. The summed E-state index contributed by atoms with van der Waals surface area (Å²) in [4.78, 5) is 27.8. The molecule has 3 atom stereocenters. The molecule has 0 aromatic heterocycles. The maximum Gasteiger partial charge on any atom is 0.240 e. The minimum atomic E-state index is -0.600. The lowest BCUT2D eigenvalue weighted by atomic mass is 9.80. The molecule has 2 aromatic rings. The number of amides is 2. The van der Waals surface area contributed by atoms with E-state index in [1.807, 2.05) is 79.6 Å². The molecule has 2 amide bonds. The molecule has 3 aliphatic heterocycles. The van der Waals surface area contributed by atoms with Gasteiger partial charge in [0.15, 0.2) is 0 Å². The van der Waals surface area contributed by atoms with E-state index in [0.29, 0.717) is 12.2 Å². The zero-order valence-corrected chi connectivity index (χ0v) is 15.2. The Balaban J connectivity index is 1.55. The van der Waals surface area contributed by atoms with Crippen LogP contribution < -0.4 is 10.0 Å². The Bertz CT molecular complexity index is 959. The Morgan fingerprint density at radius 2 is 1.52 bits per heavy atom. The molecular weight excluding hydrogens is 340 g/mol. The summed E-state index contributed by atoms with van der Waals surface area (Å²) in [5.41, 5.74) is 1.83. The summed E-state index contributed by atoms with van der Waals surface area (Å²) >= 11 is 0. The van der Waals surface area contributed by atoms with Crippen LogP contribution in [0.5, 0.6) is 0 Å². The summed E-state index contributed by atoms with van der Waals surface area (Å²) in [6, 6.07) is 19.0.